The molecule has 2 aliphatic rings. The maximum absolute atomic E-state index is 14.4. The van der Waals surface area contributed by atoms with Gasteiger partial charge in [-0.3, -0.25) is 9.69 Å². The number of carbonyl (C=O) groups excluding carboxylic acids is 2. The van der Waals surface area contributed by atoms with E-state index in [9.17, 15) is 18.4 Å². The molecule has 1 unspecified atom stereocenters. The summed E-state index contributed by atoms with van der Waals surface area (Å²) in [6, 6.07) is 0. The van der Waals surface area contributed by atoms with Crippen LogP contribution in [-0.2, 0) is 19.0 Å². The van der Waals surface area contributed by atoms with E-state index in [4.69, 9.17) is 14.2 Å². The molecule has 0 aromatic carbocycles. The van der Waals surface area contributed by atoms with Crippen molar-refractivity contribution in [3.05, 3.63) is 38.0 Å². The van der Waals surface area contributed by atoms with Gasteiger partial charge >= 0.3 is 6.09 Å². The van der Waals surface area contributed by atoms with Gasteiger partial charge in [0.15, 0.2) is 12.5 Å². The van der Waals surface area contributed by atoms with Gasteiger partial charge in [-0.15, -0.1) is 19.7 Å². The first-order valence-electron chi connectivity index (χ1n) is 14.0. The Hall–Kier alpha value is -2.26. The quantitative estimate of drug-likeness (QED) is 0.269. The van der Waals surface area contributed by atoms with Gasteiger partial charge in [0.1, 0.15) is 17.9 Å². The van der Waals surface area contributed by atoms with Crippen LogP contribution in [0.4, 0.5) is 13.6 Å². The normalized spacial score (nSPS) is 30.1. The van der Waals surface area contributed by atoms with Crippen molar-refractivity contribution in [1.29, 1.82) is 0 Å². The van der Waals surface area contributed by atoms with Gasteiger partial charge in [-0.05, 0) is 40.0 Å². The zero-order valence-corrected chi connectivity index (χ0v) is 24.9. The largest absolute Gasteiger partial charge is 0.444 e. The van der Waals surface area contributed by atoms with Crippen molar-refractivity contribution >= 4 is 12.0 Å². The molecule has 2 fully saturated rings. The highest BCUT2D eigenvalue weighted by Gasteiger charge is 2.47. The maximum atomic E-state index is 14.4. The molecule has 2 rings (SSSR count). The monoisotopic (exact) mass is 556 g/mol. The van der Waals surface area contributed by atoms with Crippen LogP contribution in [0.1, 0.15) is 74.1 Å². The first-order chi connectivity index (χ1) is 18.3. The number of rotatable bonds is 11. The van der Waals surface area contributed by atoms with Crippen LogP contribution in [-0.4, -0.2) is 77.5 Å². The highest BCUT2D eigenvalue weighted by molar-refractivity contribution is 5.76. The second kappa shape index (κ2) is 16.1. The highest BCUT2D eigenvalue weighted by atomic mass is 19.1. The predicted molar refractivity (Wildman–Crippen MR) is 151 cm³/mol. The maximum Gasteiger partial charge on any atom is 0.412 e. The van der Waals surface area contributed by atoms with Crippen molar-refractivity contribution in [2.24, 2.45) is 11.8 Å². The summed E-state index contributed by atoms with van der Waals surface area (Å²) in [6.07, 6.45) is 2.30. The number of alkyl halides is 2. The van der Waals surface area contributed by atoms with Crippen molar-refractivity contribution in [2.75, 3.05) is 13.1 Å². The third-order valence-electron chi connectivity index (χ3n) is 6.93. The summed E-state index contributed by atoms with van der Waals surface area (Å²) in [4.78, 5) is 27.0. The number of hydrogen-bond donors (Lipinski definition) is 0. The highest BCUT2D eigenvalue weighted by Crippen LogP contribution is 2.34. The molecule has 224 valence electrons. The molecule has 2 heterocycles. The summed E-state index contributed by atoms with van der Waals surface area (Å²) in [7, 11) is 0. The smallest absolute Gasteiger partial charge is 0.412 e. The summed E-state index contributed by atoms with van der Waals surface area (Å²) in [5.74, 6) is -0.536. The third-order valence-corrected chi connectivity index (χ3v) is 6.93. The minimum atomic E-state index is -1.22. The van der Waals surface area contributed by atoms with Crippen LogP contribution in [0, 0.1) is 11.8 Å². The van der Waals surface area contributed by atoms with Crippen molar-refractivity contribution in [1.82, 2.24) is 9.80 Å². The first-order valence-corrected chi connectivity index (χ1v) is 14.0. The van der Waals surface area contributed by atoms with E-state index >= 15 is 0 Å². The summed E-state index contributed by atoms with van der Waals surface area (Å²) < 4.78 is 45.4. The van der Waals surface area contributed by atoms with E-state index < -0.39 is 36.5 Å². The molecule has 0 aromatic heterocycles. The number of allylic oxidation sites excluding steroid dienone is 1. The lowest BCUT2D eigenvalue weighted by Crippen LogP contribution is -2.47. The molecule has 7 nitrogen and oxygen atoms in total. The molecule has 2 amide bonds. The van der Waals surface area contributed by atoms with Crippen LogP contribution < -0.4 is 0 Å². The molecule has 0 aromatic rings. The lowest BCUT2D eigenvalue weighted by Gasteiger charge is -2.31. The number of halogens is 2. The first kappa shape index (κ1) is 34.8. The Morgan fingerprint density at radius 1 is 0.846 bits per heavy atom. The van der Waals surface area contributed by atoms with Gasteiger partial charge in [0.05, 0.1) is 12.2 Å². The van der Waals surface area contributed by atoms with E-state index in [1.54, 1.807) is 45.9 Å². The summed E-state index contributed by atoms with van der Waals surface area (Å²) in [5, 5.41) is 0. The second-order valence-electron chi connectivity index (χ2n) is 11.1. The molecular formula is C30H50F2N2O5. The fourth-order valence-corrected chi connectivity index (χ4v) is 4.71. The number of ether oxygens (including phenoxy) is 3. The summed E-state index contributed by atoms with van der Waals surface area (Å²) in [5.41, 5.74) is -0.628. The van der Waals surface area contributed by atoms with Crippen molar-refractivity contribution < 1.29 is 32.6 Å². The van der Waals surface area contributed by atoms with Gasteiger partial charge in [0, 0.05) is 31.3 Å². The van der Waals surface area contributed by atoms with Gasteiger partial charge in [-0.2, -0.15) is 0 Å². The molecule has 0 spiro atoms. The molecule has 39 heavy (non-hydrogen) atoms. The number of hydrogen-bond acceptors (Lipinski definition) is 5. The van der Waals surface area contributed by atoms with E-state index in [2.05, 4.69) is 19.7 Å². The minimum absolute atomic E-state index is 0.114. The molecule has 2 aliphatic heterocycles. The van der Waals surface area contributed by atoms with Gasteiger partial charge in [-0.1, -0.05) is 45.9 Å². The zero-order chi connectivity index (χ0) is 29.9. The summed E-state index contributed by atoms with van der Waals surface area (Å²) >= 11 is 0. The Labute approximate surface area is 234 Å². The number of carbonyl (C=O) groups is 2. The third kappa shape index (κ3) is 9.71. The van der Waals surface area contributed by atoms with Crippen molar-refractivity contribution in [3.63, 3.8) is 0 Å². The Morgan fingerprint density at radius 3 is 1.64 bits per heavy atom. The minimum Gasteiger partial charge on any atom is -0.444 e. The Kier molecular flexibility index (Phi) is 14.4. The molecule has 0 N–H and O–H groups in total. The Morgan fingerprint density at radius 2 is 1.28 bits per heavy atom. The molecule has 0 radical (unpaired) electrons. The zero-order valence-electron chi connectivity index (χ0n) is 24.9. The topological polar surface area (TPSA) is 68.3 Å². The predicted octanol–water partition coefficient (Wildman–Crippen LogP) is 6.59. The standard InChI is InChI=1S/C15H26FNO3.C15H24FNO2/c1-7-9-17(14(18)20-15(4,5)6)13-12(16)10(3)11(8-2)19-13;1-5-8-9-13(18)17(10-6-2)15-14(16)11(4)12(7-3)19-15/h7,10-13H,1,8-9H2,2-6H3;5-6,11-12,14-15H,1-2,7-10H2,3-4H3/t10-,11-,12+,13-;11-,12-,14+,15?/m11/s1. The van der Waals surface area contributed by atoms with Crippen LogP contribution in [0.15, 0.2) is 38.0 Å². The molecule has 2 saturated heterocycles. The lowest BCUT2D eigenvalue weighted by molar-refractivity contribution is -0.147. The van der Waals surface area contributed by atoms with Crippen LogP contribution >= 0.6 is 0 Å². The molecule has 0 bridgehead atoms. The SMILES string of the molecule is C=CCCC(=O)N(CC=C)C1O[C@H](CC)[C@@H](C)[C@@H]1F.C=CCN(C(=O)OC(C)(C)C)[C@@H]1O[C@H](CC)[C@@H](C)[C@@H]1F. The average Bonchev–Trinajstić information content (AvgIpc) is 3.33. The van der Waals surface area contributed by atoms with E-state index in [0.29, 0.717) is 25.8 Å². The van der Waals surface area contributed by atoms with Gasteiger partial charge in [-0.25, -0.2) is 13.6 Å². The molecule has 8 atom stereocenters. The number of nitrogens with zero attached hydrogens (tertiary/aromatic N) is 2. The molecular weight excluding hydrogens is 506 g/mol. The Balaban J connectivity index is 0.000000391. The van der Waals surface area contributed by atoms with Crippen molar-refractivity contribution in [3.8, 4) is 0 Å². The molecule has 9 heteroatoms. The average molecular weight is 557 g/mol. The van der Waals surface area contributed by atoms with Crippen LogP contribution in [0.25, 0.3) is 0 Å². The fourth-order valence-electron chi connectivity index (χ4n) is 4.71. The van der Waals surface area contributed by atoms with E-state index in [-0.39, 0.29) is 36.5 Å². The summed E-state index contributed by atoms with van der Waals surface area (Å²) in [6.45, 7) is 24.2. The van der Waals surface area contributed by atoms with Crippen molar-refractivity contribution in [2.45, 2.75) is 117 Å². The molecule has 0 saturated carbocycles. The van der Waals surface area contributed by atoms with Crippen LogP contribution in [0.5, 0.6) is 0 Å². The van der Waals surface area contributed by atoms with Gasteiger partial charge in [0.25, 0.3) is 0 Å². The van der Waals surface area contributed by atoms with E-state index in [1.807, 2.05) is 20.8 Å². The van der Waals surface area contributed by atoms with Gasteiger partial charge < -0.3 is 19.1 Å². The van der Waals surface area contributed by atoms with Gasteiger partial charge in [0.2, 0.25) is 5.91 Å². The van der Waals surface area contributed by atoms with Crippen LogP contribution in [0.3, 0.4) is 0 Å². The second-order valence-corrected chi connectivity index (χ2v) is 11.1. The Bertz CT molecular complexity index is 818. The number of amides is 2. The van der Waals surface area contributed by atoms with Crippen LogP contribution in [0.2, 0.25) is 0 Å². The van der Waals surface area contributed by atoms with E-state index in [1.165, 1.54) is 9.80 Å². The fraction of sp³-hybridized carbons (Fsp3) is 0.733. The molecule has 0 aliphatic carbocycles. The lowest BCUT2D eigenvalue weighted by atomic mass is 9.99. The van der Waals surface area contributed by atoms with E-state index in [0.717, 1.165) is 6.42 Å².